The zero-order chi connectivity index (χ0) is 21.2. The van der Waals surface area contributed by atoms with E-state index in [2.05, 4.69) is 20.0 Å². The second-order valence-corrected chi connectivity index (χ2v) is 6.20. The first-order valence-electron chi connectivity index (χ1n) is 8.38. The third-order valence-corrected chi connectivity index (χ3v) is 4.01. The largest absolute Gasteiger partial charge is 0.507 e. The van der Waals surface area contributed by atoms with Crippen molar-refractivity contribution in [1.29, 1.82) is 0 Å². The number of rotatable bonds is 4. The minimum atomic E-state index is -4.58. The quantitative estimate of drug-likeness (QED) is 0.614. The molecule has 150 valence electrons. The molecule has 1 heterocycles. The molecule has 0 bridgehead atoms. The average molecular weight is 403 g/mol. The van der Waals surface area contributed by atoms with E-state index in [-0.39, 0.29) is 17.3 Å². The molecule has 0 fully saturated rings. The van der Waals surface area contributed by atoms with Crippen LogP contribution in [0, 0.1) is 6.92 Å². The van der Waals surface area contributed by atoms with Crippen LogP contribution >= 0.6 is 0 Å². The molecule has 6 nitrogen and oxygen atoms in total. The summed E-state index contributed by atoms with van der Waals surface area (Å²) in [5, 5.41) is 12.6. The van der Waals surface area contributed by atoms with Crippen LogP contribution in [0.5, 0.6) is 5.75 Å². The van der Waals surface area contributed by atoms with Gasteiger partial charge < -0.3 is 15.2 Å². The monoisotopic (exact) mass is 403 g/mol. The lowest BCUT2D eigenvalue weighted by Gasteiger charge is -2.12. The molecule has 2 N–H and O–H groups in total. The van der Waals surface area contributed by atoms with Gasteiger partial charge in [0.2, 0.25) is 5.95 Å². The molecule has 1 aromatic heterocycles. The van der Waals surface area contributed by atoms with Gasteiger partial charge in [-0.05, 0) is 53.9 Å². The summed E-state index contributed by atoms with van der Waals surface area (Å²) in [5.41, 5.74) is 1.51. The number of methoxy groups -OCH3 is 1. The van der Waals surface area contributed by atoms with Gasteiger partial charge in [-0.15, -0.1) is 0 Å². The Bertz CT molecular complexity index is 1070. The first-order valence-corrected chi connectivity index (χ1v) is 8.38. The number of ether oxygens (including phenoxy) is 1. The highest BCUT2D eigenvalue weighted by Crippen LogP contribution is 2.31. The molecule has 3 rings (SSSR count). The van der Waals surface area contributed by atoms with Gasteiger partial charge in [0.15, 0.2) is 0 Å². The number of benzene rings is 2. The van der Waals surface area contributed by atoms with Gasteiger partial charge in [0.05, 0.1) is 7.11 Å². The van der Waals surface area contributed by atoms with Crippen molar-refractivity contribution in [2.24, 2.45) is 0 Å². The first kappa shape index (κ1) is 20.1. The van der Waals surface area contributed by atoms with Crippen LogP contribution in [0.4, 0.5) is 24.8 Å². The molecule has 2 aromatic carbocycles. The average Bonchev–Trinajstić information content (AvgIpc) is 2.67. The van der Waals surface area contributed by atoms with Gasteiger partial charge in [0, 0.05) is 11.9 Å². The van der Waals surface area contributed by atoms with Crippen LogP contribution < -0.4 is 5.32 Å². The van der Waals surface area contributed by atoms with Gasteiger partial charge in [-0.3, -0.25) is 0 Å². The molecule has 0 amide bonds. The van der Waals surface area contributed by atoms with Gasteiger partial charge in [-0.2, -0.15) is 13.2 Å². The maximum absolute atomic E-state index is 12.8. The van der Waals surface area contributed by atoms with Crippen LogP contribution in [0.15, 0.2) is 48.7 Å². The molecule has 9 heteroatoms. The van der Waals surface area contributed by atoms with E-state index in [0.29, 0.717) is 16.8 Å². The number of nitrogens with one attached hydrogen (secondary N) is 1. The van der Waals surface area contributed by atoms with Crippen molar-refractivity contribution in [3.63, 3.8) is 0 Å². The van der Waals surface area contributed by atoms with E-state index < -0.39 is 17.8 Å². The van der Waals surface area contributed by atoms with Crippen LogP contribution in [-0.4, -0.2) is 28.2 Å². The molecular formula is C20H16F3N3O3. The minimum absolute atomic E-state index is 0.00206. The molecule has 0 saturated heterocycles. The van der Waals surface area contributed by atoms with Gasteiger partial charge in [0.1, 0.15) is 17.0 Å². The third kappa shape index (κ3) is 4.63. The number of hydrogen-bond acceptors (Lipinski definition) is 6. The summed E-state index contributed by atoms with van der Waals surface area (Å²) in [6, 6.07) is 10.5. The second-order valence-electron chi connectivity index (χ2n) is 6.20. The van der Waals surface area contributed by atoms with Gasteiger partial charge in [0.25, 0.3) is 0 Å². The van der Waals surface area contributed by atoms with E-state index >= 15 is 0 Å². The zero-order valence-corrected chi connectivity index (χ0v) is 15.4. The number of carbonyl (C=O) groups is 1. The number of phenols is 1. The molecule has 3 aromatic rings. The van der Waals surface area contributed by atoms with Gasteiger partial charge in [-0.25, -0.2) is 14.8 Å². The highest BCUT2D eigenvalue weighted by Gasteiger charge is 2.32. The smallest absolute Gasteiger partial charge is 0.433 e. The molecule has 0 aliphatic carbocycles. The molecule has 0 spiro atoms. The van der Waals surface area contributed by atoms with Crippen molar-refractivity contribution >= 4 is 17.6 Å². The lowest BCUT2D eigenvalue weighted by molar-refractivity contribution is -0.141. The van der Waals surface area contributed by atoms with Crippen molar-refractivity contribution in [3.05, 3.63) is 65.5 Å². The molecule has 0 aliphatic heterocycles. The fourth-order valence-electron chi connectivity index (χ4n) is 2.72. The fourth-order valence-corrected chi connectivity index (χ4v) is 2.72. The number of alkyl halides is 3. The number of aryl methyl sites for hydroxylation is 1. The van der Waals surface area contributed by atoms with E-state index in [1.165, 1.54) is 19.2 Å². The summed E-state index contributed by atoms with van der Waals surface area (Å²) in [6.07, 6.45) is -3.55. The van der Waals surface area contributed by atoms with Gasteiger partial charge >= 0.3 is 12.1 Å². The summed E-state index contributed by atoms with van der Waals surface area (Å²) >= 11 is 0. The Morgan fingerprint density at radius 3 is 2.55 bits per heavy atom. The first-order chi connectivity index (χ1) is 13.7. The Kier molecular flexibility index (Phi) is 5.40. The zero-order valence-electron chi connectivity index (χ0n) is 15.4. The normalized spacial score (nSPS) is 11.2. The molecule has 29 heavy (non-hydrogen) atoms. The number of aromatic nitrogens is 2. The predicted molar refractivity (Wildman–Crippen MR) is 99.9 cm³/mol. The summed E-state index contributed by atoms with van der Waals surface area (Å²) in [7, 11) is 1.21. The Morgan fingerprint density at radius 1 is 1.10 bits per heavy atom. The van der Waals surface area contributed by atoms with Crippen molar-refractivity contribution in [2.45, 2.75) is 13.1 Å². The van der Waals surface area contributed by atoms with E-state index in [0.717, 1.165) is 17.8 Å². The lowest BCUT2D eigenvalue weighted by atomic mass is 10.00. The number of aromatic hydroxyl groups is 1. The number of nitrogens with zero attached hydrogens (tertiary/aromatic N) is 2. The van der Waals surface area contributed by atoms with Crippen LogP contribution in [0.2, 0.25) is 0 Å². The van der Waals surface area contributed by atoms with Crippen LogP contribution in [0.3, 0.4) is 0 Å². The number of carbonyl (C=O) groups excluding carboxylic acids is 1. The second kappa shape index (κ2) is 7.78. The SMILES string of the molecule is COC(=O)c1cc(-c2cc(C)cc(Nc3nccc(C(F)(F)F)n3)c2)ccc1O. The summed E-state index contributed by atoms with van der Waals surface area (Å²) in [5.74, 6) is -1.10. The van der Waals surface area contributed by atoms with Crippen molar-refractivity contribution in [3.8, 4) is 16.9 Å². The van der Waals surface area contributed by atoms with E-state index in [1.54, 1.807) is 18.2 Å². The van der Waals surface area contributed by atoms with Crippen LogP contribution in [0.1, 0.15) is 21.6 Å². The molecule has 0 saturated carbocycles. The van der Waals surface area contributed by atoms with Crippen molar-refractivity contribution < 1.29 is 27.8 Å². The third-order valence-electron chi connectivity index (χ3n) is 4.01. The Hall–Kier alpha value is -3.62. The van der Waals surface area contributed by atoms with E-state index in [4.69, 9.17) is 0 Å². The maximum Gasteiger partial charge on any atom is 0.433 e. The topological polar surface area (TPSA) is 84.3 Å². The van der Waals surface area contributed by atoms with Crippen LogP contribution in [0.25, 0.3) is 11.1 Å². The highest BCUT2D eigenvalue weighted by molar-refractivity contribution is 5.94. The number of anilines is 2. The fraction of sp³-hybridized carbons (Fsp3) is 0.150. The maximum atomic E-state index is 12.8. The Balaban J connectivity index is 1.97. The lowest BCUT2D eigenvalue weighted by Crippen LogP contribution is -2.10. The molecule has 0 aliphatic rings. The molecule has 0 radical (unpaired) electrons. The van der Waals surface area contributed by atoms with Gasteiger partial charge in [-0.1, -0.05) is 12.1 Å². The van der Waals surface area contributed by atoms with E-state index in [1.807, 2.05) is 13.0 Å². The Labute approximate surface area is 164 Å². The molecule has 0 atom stereocenters. The van der Waals surface area contributed by atoms with Crippen molar-refractivity contribution in [1.82, 2.24) is 9.97 Å². The molecule has 0 unspecified atom stereocenters. The standard InChI is InChI=1S/C20H16F3N3O3/c1-11-7-13(12-3-4-16(27)15(10-12)18(28)29-2)9-14(8-11)25-19-24-6-5-17(26-19)20(21,22)23/h3-10,27H,1-2H3,(H,24,25,26). The summed E-state index contributed by atoms with van der Waals surface area (Å²) < 4.78 is 43.2. The Morgan fingerprint density at radius 2 is 1.86 bits per heavy atom. The van der Waals surface area contributed by atoms with Crippen LogP contribution in [-0.2, 0) is 10.9 Å². The molecular weight excluding hydrogens is 387 g/mol. The number of esters is 1. The van der Waals surface area contributed by atoms with E-state index in [9.17, 15) is 23.1 Å². The summed E-state index contributed by atoms with van der Waals surface area (Å²) in [4.78, 5) is 19.1. The summed E-state index contributed by atoms with van der Waals surface area (Å²) in [6.45, 7) is 1.81. The number of phenolic OH excluding ortho intramolecular Hbond substituents is 1. The minimum Gasteiger partial charge on any atom is -0.507 e. The number of halogens is 3. The van der Waals surface area contributed by atoms with Crippen molar-refractivity contribution in [2.75, 3.05) is 12.4 Å². The highest BCUT2D eigenvalue weighted by atomic mass is 19.4. The number of hydrogen-bond donors (Lipinski definition) is 2. The predicted octanol–water partition coefficient (Wildman–Crippen LogP) is 4.71.